The zero-order valence-corrected chi connectivity index (χ0v) is 13.8. The molecule has 0 aromatic heterocycles. The number of hydrogen-bond donors (Lipinski definition) is 1. The van der Waals surface area contributed by atoms with Crippen LogP contribution in [0.2, 0.25) is 0 Å². The van der Waals surface area contributed by atoms with Crippen molar-refractivity contribution in [1.29, 1.82) is 0 Å². The average molecular weight is 337 g/mol. The molecule has 118 valence electrons. The fraction of sp³-hybridized carbons (Fsp3) is 0.250. The summed E-state index contributed by atoms with van der Waals surface area (Å²) in [6, 6.07) is 18.5. The van der Waals surface area contributed by atoms with E-state index < -0.39 is 20.8 Å². The zero-order chi connectivity index (χ0) is 15.8. The lowest BCUT2D eigenvalue weighted by Gasteiger charge is -2.07. The molecule has 0 spiro atoms. The molecule has 1 atom stereocenters. The molecule has 1 N–H and O–H groups in total. The Labute approximate surface area is 134 Å². The van der Waals surface area contributed by atoms with E-state index in [9.17, 15) is 12.6 Å². The van der Waals surface area contributed by atoms with E-state index in [1.165, 1.54) is 0 Å². The van der Waals surface area contributed by atoms with Gasteiger partial charge in [0, 0.05) is 17.2 Å². The summed E-state index contributed by atoms with van der Waals surface area (Å²) in [5.74, 6) is 0.309. The highest BCUT2D eigenvalue weighted by atomic mass is 32.2. The Hall–Kier alpha value is -1.50. The topological polar surface area (TPSA) is 63.2 Å². The first-order chi connectivity index (χ1) is 10.6. The highest BCUT2D eigenvalue weighted by Crippen LogP contribution is 2.05. The van der Waals surface area contributed by atoms with Crippen LogP contribution < -0.4 is 4.72 Å². The van der Waals surface area contributed by atoms with Crippen molar-refractivity contribution in [2.75, 3.05) is 18.1 Å². The van der Waals surface area contributed by atoms with Gasteiger partial charge in [0.15, 0.2) is 0 Å². The van der Waals surface area contributed by atoms with Crippen molar-refractivity contribution in [2.24, 2.45) is 0 Å². The SMILES string of the molecule is O=S(CCNS(=O)(=O)CCc1ccccc1)c1ccccc1. The summed E-state index contributed by atoms with van der Waals surface area (Å²) in [7, 11) is -4.53. The van der Waals surface area contributed by atoms with Gasteiger partial charge in [0.05, 0.1) is 16.6 Å². The van der Waals surface area contributed by atoms with E-state index in [2.05, 4.69) is 4.72 Å². The average Bonchev–Trinajstić information content (AvgIpc) is 2.55. The summed E-state index contributed by atoms with van der Waals surface area (Å²) < 4.78 is 38.3. The summed E-state index contributed by atoms with van der Waals surface area (Å²) in [4.78, 5) is 0.714. The van der Waals surface area contributed by atoms with Crippen molar-refractivity contribution in [1.82, 2.24) is 4.72 Å². The first-order valence-corrected chi connectivity index (χ1v) is 9.99. The highest BCUT2D eigenvalue weighted by Gasteiger charge is 2.11. The maximum absolute atomic E-state index is 12.0. The van der Waals surface area contributed by atoms with Gasteiger partial charge in [0.1, 0.15) is 0 Å². The molecular formula is C16H19NO3S2. The van der Waals surface area contributed by atoms with Crippen molar-refractivity contribution in [3.8, 4) is 0 Å². The molecule has 0 saturated carbocycles. The van der Waals surface area contributed by atoms with Crippen LogP contribution in [0.3, 0.4) is 0 Å². The van der Waals surface area contributed by atoms with Gasteiger partial charge >= 0.3 is 0 Å². The Balaban J connectivity index is 1.77. The van der Waals surface area contributed by atoms with Crippen molar-refractivity contribution in [3.63, 3.8) is 0 Å². The molecule has 0 saturated heterocycles. The molecule has 22 heavy (non-hydrogen) atoms. The van der Waals surface area contributed by atoms with Crippen molar-refractivity contribution in [3.05, 3.63) is 66.2 Å². The Morgan fingerprint density at radius 3 is 2.14 bits per heavy atom. The van der Waals surface area contributed by atoms with E-state index in [0.717, 1.165) is 5.56 Å². The Kier molecular flexibility index (Phi) is 6.30. The molecule has 2 rings (SSSR count). The number of nitrogens with one attached hydrogen (secondary N) is 1. The molecule has 1 unspecified atom stereocenters. The van der Waals surface area contributed by atoms with Crippen molar-refractivity contribution in [2.45, 2.75) is 11.3 Å². The fourth-order valence-electron chi connectivity index (χ4n) is 1.95. The lowest BCUT2D eigenvalue weighted by atomic mass is 10.2. The summed E-state index contributed by atoms with van der Waals surface area (Å²) >= 11 is 0. The van der Waals surface area contributed by atoms with E-state index in [4.69, 9.17) is 0 Å². The molecule has 0 bridgehead atoms. The summed E-state index contributed by atoms with van der Waals surface area (Å²) in [6.07, 6.45) is 0.470. The van der Waals surface area contributed by atoms with E-state index >= 15 is 0 Å². The van der Waals surface area contributed by atoms with Gasteiger partial charge in [-0.05, 0) is 24.1 Å². The monoisotopic (exact) mass is 337 g/mol. The number of hydrogen-bond acceptors (Lipinski definition) is 3. The van der Waals surface area contributed by atoms with Crippen LogP contribution in [0.5, 0.6) is 0 Å². The third-order valence-corrected chi connectivity index (χ3v) is 5.88. The van der Waals surface area contributed by atoms with Gasteiger partial charge in [-0.2, -0.15) is 0 Å². The number of benzene rings is 2. The predicted molar refractivity (Wildman–Crippen MR) is 89.7 cm³/mol. The van der Waals surface area contributed by atoms with E-state index in [-0.39, 0.29) is 18.1 Å². The molecule has 0 aliphatic carbocycles. The second-order valence-corrected chi connectivity index (χ2v) is 8.31. The van der Waals surface area contributed by atoms with E-state index in [0.29, 0.717) is 11.3 Å². The summed E-state index contributed by atoms with van der Waals surface area (Å²) in [5.41, 5.74) is 0.987. The van der Waals surface area contributed by atoms with Crippen molar-refractivity contribution < 1.29 is 12.6 Å². The number of aryl methyl sites for hydroxylation is 1. The molecule has 2 aromatic carbocycles. The van der Waals surface area contributed by atoms with Gasteiger partial charge in [-0.1, -0.05) is 48.5 Å². The quantitative estimate of drug-likeness (QED) is 0.801. The maximum Gasteiger partial charge on any atom is 0.211 e. The highest BCUT2D eigenvalue weighted by molar-refractivity contribution is 7.89. The van der Waals surface area contributed by atoms with E-state index in [1.54, 1.807) is 12.1 Å². The van der Waals surface area contributed by atoms with Gasteiger partial charge in [0.25, 0.3) is 0 Å². The summed E-state index contributed by atoms with van der Waals surface area (Å²) in [6.45, 7) is 0.179. The van der Waals surface area contributed by atoms with Crippen LogP contribution in [0.4, 0.5) is 0 Å². The minimum Gasteiger partial charge on any atom is -0.254 e. The van der Waals surface area contributed by atoms with E-state index in [1.807, 2.05) is 48.5 Å². The second kappa shape index (κ2) is 8.22. The molecule has 0 radical (unpaired) electrons. The molecule has 0 aliphatic heterocycles. The predicted octanol–water partition coefficient (Wildman–Crippen LogP) is 1.96. The van der Waals surface area contributed by atoms with Gasteiger partial charge < -0.3 is 0 Å². The Bertz CT molecular complexity index is 701. The van der Waals surface area contributed by atoms with Crippen LogP contribution >= 0.6 is 0 Å². The second-order valence-electron chi connectivity index (χ2n) is 4.81. The third-order valence-electron chi connectivity index (χ3n) is 3.12. The largest absolute Gasteiger partial charge is 0.254 e. The molecular weight excluding hydrogens is 318 g/mol. The maximum atomic E-state index is 12.0. The number of sulfonamides is 1. The third kappa shape index (κ3) is 5.71. The molecule has 2 aromatic rings. The van der Waals surface area contributed by atoms with Crippen LogP contribution in [0.1, 0.15) is 5.56 Å². The fourth-order valence-corrected chi connectivity index (χ4v) is 4.12. The van der Waals surface area contributed by atoms with Crippen LogP contribution in [0, 0.1) is 0 Å². The van der Waals surface area contributed by atoms with Crippen LogP contribution in [0.25, 0.3) is 0 Å². The van der Waals surface area contributed by atoms with Gasteiger partial charge in [-0.15, -0.1) is 0 Å². The Morgan fingerprint density at radius 1 is 0.909 bits per heavy atom. The Morgan fingerprint density at radius 2 is 1.50 bits per heavy atom. The van der Waals surface area contributed by atoms with Crippen LogP contribution in [0.15, 0.2) is 65.6 Å². The standard InChI is InChI=1S/C16H19NO3S2/c18-21(16-9-5-2-6-10-16)13-12-17-22(19,20)14-11-15-7-3-1-4-8-15/h1-10,17H,11-14H2. The first-order valence-electron chi connectivity index (χ1n) is 7.01. The van der Waals surface area contributed by atoms with Gasteiger partial charge in [-0.3, -0.25) is 4.21 Å². The molecule has 6 heteroatoms. The molecule has 0 fully saturated rings. The lowest BCUT2D eigenvalue weighted by molar-refractivity contribution is 0.583. The van der Waals surface area contributed by atoms with Crippen LogP contribution in [-0.2, 0) is 27.2 Å². The molecule has 0 amide bonds. The van der Waals surface area contributed by atoms with Gasteiger partial charge in [-0.25, -0.2) is 13.1 Å². The summed E-state index contributed by atoms with van der Waals surface area (Å²) in [5, 5.41) is 0. The van der Waals surface area contributed by atoms with Crippen LogP contribution in [-0.4, -0.2) is 30.7 Å². The van der Waals surface area contributed by atoms with Crippen molar-refractivity contribution >= 4 is 20.8 Å². The first kappa shape index (κ1) is 16.9. The smallest absolute Gasteiger partial charge is 0.211 e. The lowest BCUT2D eigenvalue weighted by Crippen LogP contribution is -2.30. The number of rotatable bonds is 8. The molecule has 0 heterocycles. The van der Waals surface area contributed by atoms with Gasteiger partial charge in [0.2, 0.25) is 10.0 Å². The normalized spacial score (nSPS) is 12.9. The molecule has 4 nitrogen and oxygen atoms in total. The molecule has 0 aliphatic rings. The minimum absolute atomic E-state index is 0.0367. The zero-order valence-electron chi connectivity index (χ0n) is 12.1. The minimum atomic E-state index is -3.34.